The number of aryl methyl sites for hydroxylation is 1. The zero-order valence-electron chi connectivity index (χ0n) is 19.2. The molecule has 33 heavy (non-hydrogen) atoms. The number of sulfonamides is 2. The number of benzene rings is 2. The highest BCUT2D eigenvalue weighted by Gasteiger charge is 2.28. The number of anilines is 1. The van der Waals surface area contributed by atoms with Crippen molar-refractivity contribution in [2.24, 2.45) is 0 Å². The third-order valence-corrected chi connectivity index (χ3v) is 9.44. The maximum Gasteiger partial charge on any atom is 0.255 e. The fourth-order valence-electron chi connectivity index (χ4n) is 3.62. The molecule has 1 heterocycles. The molecule has 0 radical (unpaired) electrons. The van der Waals surface area contributed by atoms with Crippen LogP contribution in [0.3, 0.4) is 0 Å². The van der Waals surface area contributed by atoms with Crippen LogP contribution in [-0.4, -0.2) is 65.6 Å². The first-order chi connectivity index (χ1) is 15.5. The predicted octanol–water partition coefficient (Wildman–Crippen LogP) is 2.68. The number of ether oxygens (including phenoxy) is 1. The number of carbonyl (C=O) groups is 1. The number of piperidine rings is 1. The van der Waals surface area contributed by atoms with Gasteiger partial charge in [0, 0.05) is 38.4 Å². The second-order valence-corrected chi connectivity index (χ2v) is 12.1. The second-order valence-electron chi connectivity index (χ2n) is 8.05. The lowest BCUT2D eigenvalue weighted by atomic mass is 10.1. The van der Waals surface area contributed by atoms with E-state index in [2.05, 4.69) is 5.32 Å². The number of amides is 1. The van der Waals surface area contributed by atoms with Gasteiger partial charge in [0.15, 0.2) is 0 Å². The Hall–Kier alpha value is -2.47. The van der Waals surface area contributed by atoms with Crippen molar-refractivity contribution < 1.29 is 26.4 Å². The average Bonchev–Trinajstić information content (AvgIpc) is 2.79. The quantitative estimate of drug-likeness (QED) is 0.632. The van der Waals surface area contributed by atoms with Crippen LogP contribution in [0.4, 0.5) is 5.69 Å². The Balaban J connectivity index is 1.92. The lowest BCUT2D eigenvalue weighted by molar-refractivity contribution is 0.102. The molecule has 1 saturated heterocycles. The van der Waals surface area contributed by atoms with Crippen LogP contribution >= 0.6 is 0 Å². The van der Waals surface area contributed by atoms with Crippen molar-refractivity contribution in [2.75, 3.05) is 39.6 Å². The summed E-state index contributed by atoms with van der Waals surface area (Å²) in [6.45, 7) is 2.63. The molecule has 0 unspecified atom stereocenters. The molecule has 2 aromatic carbocycles. The van der Waals surface area contributed by atoms with E-state index in [1.807, 2.05) is 0 Å². The fourth-order valence-corrected chi connectivity index (χ4v) is 6.46. The third kappa shape index (κ3) is 5.21. The Morgan fingerprint density at radius 3 is 2.24 bits per heavy atom. The molecule has 11 heteroatoms. The van der Waals surface area contributed by atoms with Gasteiger partial charge in [0.05, 0.1) is 12.0 Å². The first kappa shape index (κ1) is 25.2. The van der Waals surface area contributed by atoms with E-state index in [-0.39, 0.29) is 26.8 Å². The molecule has 0 aliphatic carbocycles. The van der Waals surface area contributed by atoms with E-state index in [1.54, 1.807) is 19.1 Å². The molecular formula is C22H29N3O6S2. The summed E-state index contributed by atoms with van der Waals surface area (Å²) in [6.07, 6.45) is 2.63. The minimum Gasteiger partial charge on any atom is -0.495 e. The summed E-state index contributed by atoms with van der Waals surface area (Å²) in [6, 6.07) is 8.79. The van der Waals surface area contributed by atoms with Gasteiger partial charge in [0.25, 0.3) is 5.91 Å². The Kier molecular flexibility index (Phi) is 7.47. The van der Waals surface area contributed by atoms with Crippen LogP contribution in [0.25, 0.3) is 0 Å². The summed E-state index contributed by atoms with van der Waals surface area (Å²) in [4.78, 5) is 12.9. The van der Waals surface area contributed by atoms with Gasteiger partial charge in [-0.15, -0.1) is 0 Å². The van der Waals surface area contributed by atoms with Crippen molar-refractivity contribution in [2.45, 2.75) is 36.0 Å². The summed E-state index contributed by atoms with van der Waals surface area (Å²) >= 11 is 0. The van der Waals surface area contributed by atoms with E-state index in [0.717, 1.165) is 23.6 Å². The Bertz CT molecular complexity index is 1250. The van der Waals surface area contributed by atoms with Gasteiger partial charge in [-0.2, -0.15) is 4.31 Å². The molecule has 1 N–H and O–H groups in total. The molecule has 1 fully saturated rings. The van der Waals surface area contributed by atoms with E-state index in [0.29, 0.717) is 18.7 Å². The number of methoxy groups -OCH3 is 1. The number of carbonyl (C=O) groups excluding carboxylic acids is 1. The smallest absolute Gasteiger partial charge is 0.255 e. The Labute approximate surface area is 195 Å². The van der Waals surface area contributed by atoms with E-state index in [4.69, 9.17) is 4.74 Å². The maximum absolute atomic E-state index is 13.1. The van der Waals surface area contributed by atoms with Gasteiger partial charge >= 0.3 is 0 Å². The molecule has 1 aliphatic rings. The first-order valence-electron chi connectivity index (χ1n) is 10.5. The van der Waals surface area contributed by atoms with Gasteiger partial charge in [0.2, 0.25) is 20.0 Å². The SMILES string of the molecule is COc1ccc(NC(=O)c2ccc(C)c(S(=O)(=O)N3CCCCC3)c2)cc1S(=O)(=O)N(C)C. The summed E-state index contributed by atoms with van der Waals surface area (Å²) in [5.74, 6) is -0.407. The van der Waals surface area contributed by atoms with Gasteiger partial charge in [-0.05, 0) is 55.7 Å². The van der Waals surface area contributed by atoms with Crippen molar-refractivity contribution in [3.05, 3.63) is 47.5 Å². The van der Waals surface area contributed by atoms with Crippen LogP contribution in [0.5, 0.6) is 5.75 Å². The van der Waals surface area contributed by atoms with Crippen LogP contribution < -0.4 is 10.1 Å². The largest absolute Gasteiger partial charge is 0.495 e. The number of hydrogen-bond acceptors (Lipinski definition) is 6. The molecule has 0 spiro atoms. The topological polar surface area (TPSA) is 113 Å². The van der Waals surface area contributed by atoms with Crippen LogP contribution in [0.1, 0.15) is 35.2 Å². The standard InChI is InChI=1S/C22H29N3O6S2/c1-16-8-9-17(14-20(16)33(29,30)25-12-6-5-7-13-25)22(26)23-18-10-11-19(31-4)21(15-18)32(27,28)24(2)3/h8-11,14-15H,5-7,12-13H2,1-4H3,(H,23,26). The van der Waals surface area contributed by atoms with Gasteiger partial charge in [-0.3, -0.25) is 4.79 Å². The molecular weight excluding hydrogens is 466 g/mol. The highest BCUT2D eigenvalue weighted by molar-refractivity contribution is 7.89. The van der Waals surface area contributed by atoms with E-state index < -0.39 is 26.0 Å². The normalized spacial score (nSPS) is 15.4. The van der Waals surface area contributed by atoms with Crippen molar-refractivity contribution >= 4 is 31.6 Å². The highest BCUT2D eigenvalue weighted by Crippen LogP contribution is 2.29. The Morgan fingerprint density at radius 1 is 0.970 bits per heavy atom. The molecule has 2 aromatic rings. The Morgan fingerprint density at radius 2 is 1.64 bits per heavy atom. The van der Waals surface area contributed by atoms with Crippen molar-refractivity contribution in [1.29, 1.82) is 0 Å². The zero-order chi connectivity index (χ0) is 24.4. The van der Waals surface area contributed by atoms with Gasteiger partial charge in [-0.1, -0.05) is 12.5 Å². The zero-order valence-corrected chi connectivity index (χ0v) is 20.8. The number of rotatable bonds is 7. The number of nitrogens with one attached hydrogen (secondary N) is 1. The van der Waals surface area contributed by atoms with E-state index in [1.165, 1.54) is 49.8 Å². The van der Waals surface area contributed by atoms with Gasteiger partial charge in [-0.25, -0.2) is 21.1 Å². The first-order valence-corrected chi connectivity index (χ1v) is 13.4. The van der Waals surface area contributed by atoms with Crippen LogP contribution in [0.15, 0.2) is 46.2 Å². The monoisotopic (exact) mass is 495 g/mol. The summed E-state index contributed by atoms with van der Waals surface area (Å²) in [5, 5.41) is 2.65. The van der Waals surface area contributed by atoms with Crippen molar-refractivity contribution in [1.82, 2.24) is 8.61 Å². The summed E-state index contributed by atoms with van der Waals surface area (Å²) < 4.78 is 59.2. The molecule has 0 saturated carbocycles. The fraction of sp³-hybridized carbons (Fsp3) is 0.409. The number of hydrogen-bond donors (Lipinski definition) is 1. The molecule has 9 nitrogen and oxygen atoms in total. The van der Waals surface area contributed by atoms with Crippen molar-refractivity contribution in [3.63, 3.8) is 0 Å². The molecule has 3 rings (SSSR count). The minimum absolute atomic E-state index is 0.0925. The third-order valence-electron chi connectivity index (χ3n) is 5.56. The average molecular weight is 496 g/mol. The molecule has 180 valence electrons. The highest BCUT2D eigenvalue weighted by atomic mass is 32.2. The van der Waals surface area contributed by atoms with Gasteiger partial charge in [0.1, 0.15) is 10.6 Å². The molecule has 0 aromatic heterocycles. The van der Waals surface area contributed by atoms with E-state index in [9.17, 15) is 21.6 Å². The maximum atomic E-state index is 13.1. The molecule has 1 aliphatic heterocycles. The number of nitrogens with zero attached hydrogens (tertiary/aromatic N) is 2. The molecule has 0 bridgehead atoms. The van der Waals surface area contributed by atoms with E-state index >= 15 is 0 Å². The van der Waals surface area contributed by atoms with Crippen LogP contribution in [0, 0.1) is 6.92 Å². The summed E-state index contributed by atoms with van der Waals surface area (Å²) in [7, 11) is -3.37. The van der Waals surface area contributed by atoms with Gasteiger partial charge < -0.3 is 10.1 Å². The second kappa shape index (κ2) is 9.80. The minimum atomic E-state index is -3.81. The lowest BCUT2D eigenvalue weighted by Gasteiger charge is -2.26. The molecule has 1 amide bonds. The molecule has 0 atom stereocenters. The lowest BCUT2D eigenvalue weighted by Crippen LogP contribution is -2.36. The van der Waals surface area contributed by atoms with Crippen LogP contribution in [0.2, 0.25) is 0 Å². The summed E-state index contributed by atoms with van der Waals surface area (Å²) in [5.41, 5.74) is 0.951. The predicted molar refractivity (Wildman–Crippen MR) is 126 cm³/mol. The van der Waals surface area contributed by atoms with Crippen LogP contribution in [-0.2, 0) is 20.0 Å². The van der Waals surface area contributed by atoms with Crippen molar-refractivity contribution in [3.8, 4) is 5.75 Å².